The number of ether oxygens (including phenoxy) is 1. The Kier molecular flexibility index (Phi) is 6.52. The fraction of sp³-hybridized carbons (Fsp3) is 0.400. The summed E-state index contributed by atoms with van der Waals surface area (Å²) in [5.41, 5.74) is 6.52. The highest BCUT2D eigenvalue weighted by Gasteiger charge is 2.13. The summed E-state index contributed by atoms with van der Waals surface area (Å²) in [6.45, 7) is 0.00196. The maximum atomic E-state index is 9.49. The van der Waals surface area contributed by atoms with Crippen molar-refractivity contribution < 1.29 is 14.9 Å². The lowest BCUT2D eigenvalue weighted by Gasteiger charge is -2.13. The maximum Gasteiger partial charge on any atom is 0.176 e. The Bertz CT molecular complexity index is 347. The van der Waals surface area contributed by atoms with Crippen LogP contribution in [0.3, 0.4) is 0 Å². The van der Waals surface area contributed by atoms with Crippen LogP contribution in [0.25, 0.3) is 0 Å². The lowest BCUT2D eigenvalue weighted by molar-refractivity contribution is 0.276. The van der Waals surface area contributed by atoms with Crippen LogP contribution in [0.2, 0.25) is 5.02 Å². The quantitative estimate of drug-likeness (QED) is 0.779. The van der Waals surface area contributed by atoms with E-state index in [-0.39, 0.29) is 41.6 Å². The van der Waals surface area contributed by atoms with Gasteiger partial charge in [-0.05, 0) is 24.1 Å². The Labute approximate surface area is 105 Å². The summed E-state index contributed by atoms with van der Waals surface area (Å²) >= 11 is 5.79. The molecule has 1 atom stereocenters. The third kappa shape index (κ3) is 3.42. The van der Waals surface area contributed by atoms with E-state index in [9.17, 15) is 5.11 Å². The molecule has 0 saturated carbocycles. The van der Waals surface area contributed by atoms with Gasteiger partial charge in [0, 0.05) is 12.6 Å². The van der Waals surface area contributed by atoms with Gasteiger partial charge >= 0.3 is 0 Å². The molecule has 0 fully saturated rings. The molecule has 6 heteroatoms. The van der Waals surface area contributed by atoms with Crippen molar-refractivity contribution in [1.82, 2.24) is 0 Å². The maximum absolute atomic E-state index is 9.49. The summed E-state index contributed by atoms with van der Waals surface area (Å²) in [5.74, 6) is 0.185. The van der Waals surface area contributed by atoms with Gasteiger partial charge in [0.25, 0.3) is 0 Å². The highest BCUT2D eigenvalue weighted by molar-refractivity contribution is 6.32. The third-order valence-electron chi connectivity index (χ3n) is 2.14. The second-order valence-corrected chi connectivity index (χ2v) is 3.58. The Morgan fingerprint density at radius 1 is 1.50 bits per heavy atom. The van der Waals surface area contributed by atoms with Crippen LogP contribution in [-0.2, 0) is 0 Å². The van der Waals surface area contributed by atoms with Crippen molar-refractivity contribution in [3.8, 4) is 11.5 Å². The average molecular weight is 268 g/mol. The van der Waals surface area contributed by atoms with E-state index in [2.05, 4.69) is 0 Å². The van der Waals surface area contributed by atoms with Crippen LogP contribution >= 0.6 is 24.0 Å². The van der Waals surface area contributed by atoms with E-state index in [0.717, 1.165) is 5.56 Å². The standard InChI is InChI=1S/C10H14ClNO3.ClH/c1-15-9-5-6(8(12)2-3-13)4-7(11)10(9)14;/h4-5,8,13-14H,2-3,12H2,1H3;1H/t8-;/m1./s1. The van der Waals surface area contributed by atoms with Crippen molar-refractivity contribution in [2.75, 3.05) is 13.7 Å². The first-order valence-electron chi connectivity index (χ1n) is 4.53. The van der Waals surface area contributed by atoms with E-state index < -0.39 is 0 Å². The molecule has 0 aliphatic carbocycles. The van der Waals surface area contributed by atoms with Gasteiger partial charge in [0.15, 0.2) is 11.5 Å². The molecule has 0 aliphatic rings. The van der Waals surface area contributed by atoms with Crippen LogP contribution in [0, 0.1) is 0 Å². The number of aliphatic hydroxyl groups excluding tert-OH is 1. The minimum absolute atomic E-state index is 0. The van der Waals surface area contributed by atoms with E-state index in [1.165, 1.54) is 7.11 Å². The second kappa shape index (κ2) is 6.81. The number of hydrogen-bond acceptors (Lipinski definition) is 4. The van der Waals surface area contributed by atoms with E-state index in [4.69, 9.17) is 27.2 Å². The van der Waals surface area contributed by atoms with Crippen molar-refractivity contribution in [3.05, 3.63) is 22.7 Å². The van der Waals surface area contributed by atoms with E-state index in [0.29, 0.717) is 6.42 Å². The molecule has 1 aromatic rings. The van der Waals surface area contributed by atoms with Crippen LogP contribution in [0.5, 0.6) is 11.5 Å². The van der Waals surface area contributed by atoms with Gasteiger partial charge in [-0.25, -0.2) is 0 Å². The fourth-order valence-electron chi connectivity index (χ4n) is 1.27. The number of aliphatic hydroxyl groups is 1. The van der Waals surface area contributed by atoms with E-state index in [1.807, 2.05) is 0 Å². The van der Waals surface area contributed by atoms with E-state index >= 15 is 0 Å². The van der Waals surface area contributed by atoms with Gasteiger partial charge in [0.2, 0.25) is 0 Å². The van der Waals surface area contributed by atoms with Crippen molar-refractivity contribution in [3.63, 3.8) is 0 Å². The Morgan fingerprint density at radius 3 is 2.62 bits per heavy atom. The first kappa shape index (κ1) is 15.3. The van der Waals surface area contributed by atoms with Gasteiger partial charge in [-0.15, -0.1) is 12.4 Å². The third-order valence-corrected chi connectivity index (χ3v) is 2.43. The molecule has 1 rings (SSSR count). The van der Waals surface area contributed by atoms with Crippen LogP contribution < -0.4 is 10.5 Å². The van der Waals surface area contributed by atoms with Crippen molar-refractivity contribution in [2.45, 2.75) is 12.5 Å². The number of methoxy groups -OCH3 is 1. The highest BCUT2D eigenvalue weighted by atomic mass is 35.5. The minimum atomic E-state index is -0.318. The van der Waals surface area contributed by atoms with Crippen molar-refractivity contribution >= 4 is 24.0 Å². The van der Waals surface area contributed by atoms with Gasteiger partial charge in [0.05, 0.1) is 12.1 Å². The number of phenols is 1. The lowest BCUT2D eigenvalue weighted by atomic mass is 10.0. The Morgan fingerprint density at radius 2 is 2.12 bits per heavy atom. The lowest BCUT2D eigenvalue weighted by Crippen LogP contribution is -2.12. The van der Waals surface area contributed by atoms with Gasteiger partial charge < -0.3 is 20.7 Å². The zero-order chi connectivity index (χ0) is 11.4. The summed E-state index contributed by atoms with van der Waals surface area (Å²) in [4.78, 5) is 0. The number of rotatable bonds is 4. The molecule has 0 heterocycles. The predicted molar refractivity (Wildman–Crippen MR) is 65.5 cm³/mol. The topological polar surface area (TPSA) is 75.7 Å². The molecule has 0 bridgehead atoms. The average Bonchev–Trinajstić information content (AvgIpc) is 2.22. The molecule has 4 nitrogen and oxygen atoms in total. The van der Waals surface area contributed by atoms with Crippen LogP contribution in [0.4, 0.5) is 0 Å². The Hall–Kier alpha value is -0.680. The molecule has 0 saturated heterocycles. The molecular formula is C10H15Cl2NO3. The molecule has 4 N–H and O–H groups in total. The van der Waals surface area contributed by atoms with Gasteiger partial charge in [-0.2, -0.15) is 0 Å². The monoisotopic (exact) mass is 267 g/mol. The number of benzene rings is 1. The van der Waals surface area contributed by atoms with Gasteiger partial charge in [-0.3, -0.25) is 0 Å². The molecule has 16 heavy (non-hydrogen) atoms. The molecule has 1 aromatic carbocycles. The van der Waals surface area contributed by atoms with Crippen molar-refractivity contribution in [1.29, 1.82) is 0 Å². The normalized spacial score (nSPS) is 11.8. The molecule has 0 unspecified atom stereocenters. The summed E-state index contributed by atoms with van der Waals surface area (Å²) in [7, 11) is 1.44. The molecule has 0 aliphatic heterocycles. The zero-order valence-corrected chi connectivity index (χ0v) is 10.4. The summed E-state index contributed by atoms with van der Waals surface area (Å²) < 4.78 is 4.94. The number of phenolic OH excluding ortho intramolecular Hbond substituents is 1. The number of nitrogens with two attached hydrogens (primary N) is 1. The van der Waals surface area contributed by atoms with Crippen LogP contribution in [0.15, 0.2) is 12.1 Å². The zero-order valence-electron chi connectivity index (χ0n) is 8.81. The predicted octanol–water partition coefficient (Wildman–Crippen LogP) is 1.86. The molecular weight excluding hydrogens is 253 g/mol. The molecule has 92 valence electrons. The number of halogens is 2. The van der Waals surface area contributed by atoms with Crippen LogP contribution in [0.1, 0.15) is 18.0 Å². The highest BCUT2D eigenvalue weighted by Crippen LogP contribution is 2.36. The summed E-state index contributed by atoms with van der Waals surface area (Å²) in [5, 5.41) is 18.4. The van der Waals surface area contributed by atoms with E-state index in [1.54, 1.807) is 12.1 Å². The summed E-state index contributed by atoms with van der Waals surface area (Å²) in [6, 6.07) is 2.86. The van der Waals surface area contributed by atoms with Gasteiger partial charge in [-0.1, -0.05) is 11.6 Å². The number of hydrogen-bond donors (Lipinski definition) is 3. The Balaban J connectivity index is 0.00000225. The molecule has 0 spiro atoms. The first-order chi connectivity index (χ1) is 7.10. The van der Waals surface area contributed by atoms with Gasteiger partial charge in [0.1, 0.15) is 0 Å². The first-order valence-corrected chi connectivity index (χ1v) is 4.90. The SMILES string of the molecule is COc1cc([C@H](N)CCO)cc(Cl)c1O.Cl. The second-order valence-electron chi connectivity index (χ2n) is 3.17. The van der Waals surface area contributed by atoms with Crippen LogP contribution in [-0.4, -0.2) is 23.9 Å². The molecule has 0 amide bonds. The van der Waals surface area contributed by atoms with Crippen molar-refractivity contribution in [2.24, 2.45) is 5.73 Å². The largest absolute Gasteiger partial charge is 0.503 e. The fourth-order valence-corrected chi connectivity index (χ4v) is 1.49. The molecule has 0 radical (unpaired) electrons. The minimum Gasteiger partial charge on any atom is -0.503 e. The number of aromatic hydroxyl groups is 1. The summed E-state index contributed by atoms with van der Waals surface area (Å²) in [6.07, 6.45) is 0.435. The smallest absolute Gasteiger partial charge is 0.176 e. The molecule has 0 aromatic heterocycles.